The van der Waals surface area contributed by atoms with Crippen LogP contribution in [-0.4, -0.2) is 0 Å². The Morgan fingerprint density at radius 2 is 1.61 bits per heavy atom. The van der Waals surface area contributed by atoms with Crippen molar-refractivity contribution in [1.82, 2.24) is 0 Å². The third-order valence-electron chi connectivity index (χ3n) is 8.18. The van der Waals surface area contributed by atoms with Crippen LogP contribution in [0.3, 0.4) is 0 Å². The molecular weight excluding hydrogens is 216 g/mol. The molecule has 2 atom stereocenters. The summed E-state index contributed by atoms with van der Waals surface area (Å²) in [4.78, 5) is 0. The lowest BCUT2D eigenvalue weighted by Gasteiger charge is -2.65. The summed E-state index contributed by atoms with van der Waals surface area (Å²) in [5.74, 6) is 5.36. The van der Waals surface area contributed by atoms with Crippen LogP contribution in [-0.2, 0) is 0 Å². The fourth-order valence-electron chi connectivity index (χ4n) is 7.40. The molecule has 0 aliphatic heterocycles. The Hall–Kier alpha value is -0.260. The molecule has 0 heteroatoms. The molecule has 18 heavy (non-hydrogen) atoms. The van der Waals surface area contributed by atoms with Gasteiger partial charge in [0.1, 0.15) is 0 Å². The van der Waals surface area contributed by atoms with Crippen LogP contribution in [0.25, 0.3) is 0 Å². The van der Waals surface area contributed by atoms with Crippen molar-refractivity contribution < 1.29 is 0 Å². The highest BCUT2D eigenvalue weighted by Crippen LogP contribution is 2.72. The van der Waals surface area contributed by atoms with E-state index < -0.39 is 0 Å². The minimum atomic E-state index is 0.639. The average molecular weight is 242 g/mol. The molecule has 98 valence electrons. The number of hydrogen-bond donors (Lipinski definition) is 0. The van der Waals surface area contributed by atoms with E-state index in [4.69, 9.17) is 0 Å². The van der Waals surface area contributed by atoms with Gasteiger partial charge in [-0.15, -0.1) is 0 Å². The van der Waals surface area contributed by atoms with Crippen molar-refractivity contribution in [2.75, 3.05) is 0 Å². The minimum Gasteiger partial charge on any atom is -0.0848 e. The molecular formula is C18H26. The normalized spacial score (nSPS) is 63.9. The number of allylic oxidation sites excluding steroid dienone is 2. The van der Waals surface area contributed by atoms with Crippen LogP contribution in [0.4, 0.5) is 0 Å². The summed E-state index contributed by atoms with van der Waals surface area (Å²) < 4.78 is 0. The summed E-state index contributed by atoms with van der Waals surface area (Å²) in [7, 11) is 0. The second kappa shape index (κ2) is 3.07. The quantitative estimate of drug-likeness (QED) is 0.579. The molecule has 0 saturated heterocycles. The molecule has 2 unspecified atom stereocenters. The van der Waals surface area contributed by atoms with Gasteiger partial charge in [-0.2, -0.15) is 0 Å². The fraction of sp³-hybridized carbons (Fsp3) is 0.889. The standard InChI is InChI=1S/C18H26/c1-17(18-4-2-12(11-18)3-5-18)15-7-13-6-14(9-15)10-16(17)8-13/h2,4,12-16H,3,5-11H2,1H3. The molecule has 5 fully saturated rings. The van der Waals surface area contributed by atoms with Crippen LogP contribution in [0.15, 0.2) is 12.2 Å². The summed E-state index contributed by atoms with van der Waals surface area (Å²) >= 11 is 0. The maximum atomic E-state index is 2.72. The van der Waals surface area contributed by atoms with Crippen LogP contribution in [0.1, 0.15) is 58.3 Å². The van der Waals surface area contributed by atoms with Crippen LogP contribution in [0.5, 0.6) is 0 Å². The van der Waals surface area contributed by atoms with Crippen LogP contribution in [0.2, 0.25) is 0 Å². The monoisotopic (exact) mass is 242 g/mol. The van der Waals surface area contributed by atoms with Crippen molar-refractivity contribution >= 4 is 0 Å². The first-order valence-corrected chi connectivity index (χ1v) is 8.39. The van der Waals surface area contributed by atoms with Crippen molar-refractivity contribution in [2.45, 2.75) is 58.3 Å². The van der Waals surface area contributed by atoms with Gasteiger partial charge in [-0.1, -0.05) is 19.1 Å². The smallest absolute Gasteiger partial charge is 0.00533 e. The van der Waals surface area contributed by atoms with E-state index >= 15 is 0 Å². The molecule has 0 amide bonds. The van der Waals surface area contributed by atoms with Crippen molar-refractivity contribution in [3.05, 3.63) is 12.2 Å². The largest absolute Gasteiger partial charge is 0.0848 e. The number of fused-ring (bicyclic) bond motifs is 3. The molecule has 6 rings (SSSR count). The van der Waals surface area contributed by atoms with Gasteiger partial charge in [0.05, 0.1) is 0 Å². The van der Waals surface area contributed by atoms with Gasteiger partial charge in [0.15, 0.2) is 0 Å². The SMILES string of the molecule is CC1(C23C=CC(CC2)C3)C2CC3CC(C2)CC1C3. The summed E-state index contributed by atoms with van der Waals surface area (Å²) in [5.41, 5.74) is 1.32. The molecule has 0 N–H and O–H groups in total. The Labute approximate surface area is 111 Å². The summed E-state index contributed by atoms with van der Waals surface area (Å²) in [6.07, 6.45) is 17.8. The molecule has 0 nitrogen and oxygen atoms in total. The molecule has 6 aliphatic carbocycles. The van der Waals surface area contributed by atoms with Crippen molar-refractivity contribution in [2.24, 2.45) is 40.4 Å². The highest BCUT2D eigenvalue weighted by atomic mass is 14.7. The topological polar surface area (TPSA) is 0 Å². The summed E-state index contributed by atoms with van der Waals surface area (Å²) in [6, 6.07) is 0. The molecule has 6 bridgehead atoms. The van der Waals surface area contributed by atoms with Gasteiger partial charge >= 0.3 is 0 Å². The van der Waals surface area contributed by atoms with Gasteiger partial charge in [-0.25, -0.2) is 0 Å². The molecule has 0 radical (unpaired) electrons. The van der Waals surface area contributed by atoms with Crippen LogP contribution in [0, 0.1) is 40.4 Å². The van der Waals surface area contributed by atoms with Crippen molar-refractivity contribution in [3.63, 3.8) is 0 Å². The number of hydrogen-bond acceptors (Lipinski definition) is 0. The maximum absolute atomic E-state index is 2.72. The Kier molecular flexibility index (Phi) is 1.80. The second-order valence-electron chi connectivity index (χ2n) is 8.61. The molecule has 0 aromatic rings. The van der Waals surface area contributed by atoms with Gasteiger partial charge in [-0.05, 0) is 91.8 Å². The average Bonchev–Trinajstić information content (AvgIpc) is 2.96. The minimum absolute atomic E-state index is 0.639. The zero-order valence-electron chi connectivity index (χ0n) is 11.7. The third kappa shape index (κ3) is 1.03. The molecule has 0 aromatic carbocycles. The second-order valence-corrected chi connectivity index (χ2v) is 8.61. The van der Waals surface area contributed by atoms with E-state index in [1.54, 1.807) is 32.1 Å². The first kappa shape index (κ1) is 10.5. The third-order valence-corrected chi connectivity index (χ3v) is 8.18. The lowest BCUT2D eigenvalue weighted by Crippen LogP contribution is -2.57. The first-order valence-electron chi connectivity index (χ1n) is 8.39. The molecule has 0 spiro atoms. The van der Waals surface area contributed by atoms with Gasteiger partial charge in [0, 0.05) is 0 Å². The highest BCUT2D eigenvalue weighted by Gasteiger charge is 2.64. The van der Waals surface area contributed by atoms with E-state index in [1.165, 1.54) is 19.3 Å². The Morgan fingerprint density at radius 1 is 0.944 bits per heavy atom. The lowest BCUT2D eigenvalue weighted by atomic mass is 9.39. The van der Waals surface area contributed by atoms with Crippen LogP contribution < -0.4 is 0 Å². The van der Waals surface area contributed by atoms with Crippen molar-refractivity contribution in [1.29, 1.82) is 0 Å². The molecule has 5 saturated carbocycles. The zero-order chi connectivity index (χ0) is 12.0. The molecule has 0 heterocycles. The van der Waals surface area contributed by atoms with Gasteiger partial charge in [0.25, 0.3) is 0 Å². The van der Waals surface area contributed by atoms with E-state index in [-0.39, 0.29) is 0 Å². The fourth-order valence-corrected chi connectivity index (χ4v) is 7.40. The van der Waals surface area contributed by atoms with Gasteiger partial charge < -0.3 is 0 Å². The van der Waals surface area contributed by atoms with E-state index in [2.05, 4.69) is 19.1 Å². The predicted octanol–water partition coefficient (Wildman–Crippen LogP) is 4.81. The van der Waals surface area contributed by atoms with Gasteiger partial charge in [-0.3, -0.25) is 0 Å². The maximum Gasteiger partial charge on any atom is -0.00533 e. The zero-order valence-corrected chi connectivity index (χ0v) is 11.7. The van der Waals surface area contributed by atoms with Gasteiger partial charge in [0.2, 0.25) is 0 Å². The summed E-state index contributed by atoms with van der Waals surface area (Å²) in [5, 5.41) is 0. The Bertz CT molecular complexity index is 390. The lowest BCUT2D eigenvalue weighted by molar-refractivity contribution is -0.151. The number of rotatable bonds is 1. The van der Waals surface area contributed by atoms with E-state index in [0.29, 0.717) is 10.8 Å². The first-order chi connectivity index (χ1) is 8.70. The van der Waals surface area contributed by atoms with Crippen molar-refractivity contribution in [3.8, 4) is 0 Å². The molecule has 6 aliphatic rings. The van der Waals surface area contributed by atoms with E-state index in [0.717, 1.165) is 29.6 Å². The Morgan fingerprint density at radius 3 is 2.06 bits per heavy atom. The van der Waals surface area contributed by atoms with E-state index in [9.17, 15) is 0 Å². The summed E-state index contributed by atoms with van der Waals surface area (Å²) in [6.45, 7) is 2.72. The molecule has 0 aromatic heterocycles. The van der Waals surface area contributed by atoms with Crippen LogP contribution >= 0.6 is 0 Å². The Balaban J connectivity index is 1.60. The predicted molar refractivity (Wildman–Crippen MR) is 74.1 cm³/mol. The van der Waals surface area contributed by atoms with E-state index in [1.807, 2.05) is 0 Å². The highest BCUT2D eigenvalue weighted by molar-refractivity contribution is 5.24.